The van der Waals surface area contributed by atoms with Crippen molar-refractivity contribution < 1.29 is 14.2 Å². The second-order valence-electron chi connectivity index (χ2n) is 6.60. The highest BCUT2D eigenvalue weighted by Crippen LogP contribution is 2.29. The molecule has 2 aromatic heterocycles. The van der Waals surface area contributed by atoms with E-state index in [2.05, 4.69) is 23.8 Å². The number of pyridine rings is 1. The molecule has 0 atom stereocenters. The molecule has 6 nitrogen and oxygen atoms in total. The minimum absolute atomic E-state index is 0.0404. The van der Waals surface area contributed by atoms with Crippen molar-refractivity contribution in [3.05, 3.63) is 45.1 Å². The van der Waals surface area contributed by atoms with Crippen LogP contribution in [0.15, 0.2) is 28.4 Å². The molecule has 0 bridgehead atoms. The van der Waals surface area contributed by atoms with E-state index in [0.29, 0.717) is 17.1 Å². The Hall–Kier alpha value is -2.22. The van der Waals surface area contributed by atoms with Crippen LogP contribution in [-0.4, -0.2) is 37.1 Å². The largest absolute Gasteiger partial charge is 0.488 e. The van der Waals surface area contributed by atoms with Gasteiger partial charge >= 0.3 is 0 Å². The number of aryl methyl sites for hydroxylation is 1. The smallest absolute Gasteiger partial charge is 0.191 e. The van der Waals surface area contributed by atoms with Crippen LogP contribution in [-0.2, 0) is 9.47 Å². The number of nitrogens with zero attached hydrogens (tertiary/aromatic N) is 1. The van der Waals surface area contributed by atoms with Crippen LogP contribution < -0.4 is 10.2 Å². The van der Waals surface area contributed by atoms with E-state index in [9.17, 15) is 4.79 Å². The quantitative estimate of drug-likeness (QED) is 0.618. The van der Waals surface area contributed by atoms with Crippen LogP contribution in [0.3, 0.4) is 0 Å². The van der Waals surface area contributed by atoms with Crippen LogP contribution in [0.5, 0.6) is 5.75 Å². The number of benzene rings is 1. The van der Waals surface area contributed by atoms with E-state index >= 15 is 0 Å². The molecule has 0 aliphatic rings. The lowest BCUT2D eigenvalue weighted by molar-refractivity contribution is -0.122. The highest BCUT2D eigenvalue weighted by atomic mass is 32.1. The molecule has 3 aromatic rings. The summed E-state index contributed by atoms with van der Waals surface area (Å²) >= 11 is 1.53. The van der Waals surface area contributed by atoms with Gasteiger partial charge in [-0.25, -0.2) is 4.98 Å². The van der Waals surface area contributed by atoms with Gasteiger partial charge in [0.1, 0.15) is 17.4 Å². The number of H-pyrrole nitrogens is 1. The summed E-state index contributed by atoms with van der Waals surface area (Å²) in [6.07, 6.45) is -0.449. The first-order chi connectivity index (χ1) is 12.9. The molecule has 0 amide bonds. The molecule has 0 saturated carbocycles. The lowest BCUT2D eigenvalue weighted by Gasteiger charge is -2.16. The molecule has 0 unspecified atom stereocenters. The zero-order chi connectivity index (χ0) is 19.6. The fourth-order valence-corrected chi connectivity index (χ4v) is 3.73. The predicted molar refractivity (Wildman–Crippen MR) is 108 cm³/mol. The van der Waals surface area contributed by atoms with Crippen molar-refractivity contribution in [3.8, 4) is 16.5 Å². The second-order valence-corrected chi connectivity index (χ2v) is 7.46. The second kappa shape index (κ2) is 8.21. The number of nitrogens with one attached hydrogen (secondary N) is 1. The fourth-order valence-electron chi connectivity index (χ4n) is 2.78. The zero-order valence-electron chi connectivity index (χ0n) is 16.2. The Bertz CT molecular complexity index is 989. The van der Waals surface area contributed by atoms with Gasteiger partial charge in [-0.3, -0.25) is 4.79 Å². The summed E-state index contributed by atoms with van der Waals surface area (Å²) in [5.41, 5.74) is 3.31. The standard InChI is InChI=1S/C20H24N2O4S/c1-11(2)15-10-27-20(22-15)14-8-16(23)13-6-7-17(12(3)19(13)21-14)26-9-18(24-4)25-5/h6-8,10-11,18H,9H2,1-5H3,(H,21,23). The van der Waals surface area contributed by atoms with E-state index in [0.717, 1.165) is 27.5 Å². The number of ether oxygens (including phenoxy) is 3. The molecule has 0 radical (unpaired) electrons. The van der Waals surface area contributed by atoms with E-state index in [4.69, 9.17) is 14.2 Å². The molecular formula is C20H24N2O4S. The van der Waals surface area contributed by atoms with E-state index in [1.807, 2.05) is 12.3 Å². The average molecular weight is 388 g/mol. The first-order valence-corrected chi connectivity index (χ1v) is 9.63. The van der Waals surface area contributed by atoms with Crippen molar-refractivity contribution in [1.29, 1.82) is 0 Å². The van der Waals surface area contributed by atoms with Gasteiger partial charge in [0, 0.05) is 36.6 Å². The molecule has 7 heteroatoms. The van der Waals surface area contributed by atoms with Gasteiger partial charge in [-0.2, -0.15) is 0 Å². The van der Waals surface area contributed by atoms with Crippen LogP contribution in [0.25, 0.3) is 21.6 Å². The minimum atomic E-state index is -0.449. The van der Waals surface area contributed by atoms with Gasteiger partial charge in [0.05, 0.1) is 16.9 Å². The summed E-state index contributed by atoms with van der Waals surface area (Å²) in [7, 11) is 3.13. The number of hydrogen-bond acceptors (Lipinski definition) is 6. The van der Waals surface area contributed by atoms with Crippen molar-refractivity contribution in [2.45, 2.75) is 33.0 Å². The number of aromatic amines is 1. The number of aromatic nitrogens is 2. The number of rotatable bonds is 7. The van der Waals surface area contributed by atoms with Crippen molar-refractivity contribution in [3.63, 3.8) is 0 Å². The lowest BCUT2D eigenvalue weighted by atomic mass is 10.1. The molecule has 0 aliphatic carbocycles. The summed E-state index contributed by atoms with van der Waals surface area (Å²) in [6, 6.07) is 5.18. The molecule has 27 heavy (non-hydrogen) atoms. The zero-order valence-corrected chi connectivity index (χ0v) is 17.0. The van der Waals surface area contributed by atoms with Crippen LogP contribution in [0.1, 0.15) is 31.0 Å². The Morgan fingerprint density at radius 2 is 1.96 bits per heavy atom. The summed E-state index contributed by atoms with van der Waals surface area (Å²) in [5.74, 6) is 1.02. The Kier molecular flexibility index (Phi) is 5.94. The monoisotopic (exact) mass is 388 g/mol. The van der Waals surface area contributed by atoms with Gasteiger partial charge in [0.25, 0.3) is 0 Å². The Morgan fingerprint density at radius 1 is 1.22 bits per heavy atom. The molecule has 2 heterocycles. The highest BCUT2D eigenvalue weighted by molar-refractivity contribution is 7.13. The number of methoxy groups -OCH3 is 2. The maximum atomic E-state index is 12.6. The minimum Gasteiger partial charge on any atom is -0.488 e. The number of thiazole rings is 1. The summed E-state index contributed by atoms with van der Waals surface area (Å²) in [6.45, 7) is 6.38. The SMILES string of the molecule is COC(COc1ccc2c(=O)cc(-c3nc(C(C)C)cs3)[nH]c2c1C)OC. The first kappa shape index (κ1) is 19.5. The van der Waals surface area contributed by atoms with Crippen molar-refractivity contribution in [1.82, 2.24) is 9.97 Å². The third kappa shape index (κ3) is 4.05. The van der Waals surface area contributed by atoms with Crippen LogP contribution >= 0.6 is 11.3 Å². The van der Waals surface area contributed by atoms with E-state index in [1.54, 1.807) is 32.4 Å². The lowest BCUT2D eigenvalue weighted by Crippen LogP contribution is -2.22. The molecule has 0 spiro atoms. The van der Waals surface area contributed by atoms with Gasteiger partial charge in [-0.1, -0.05) is 13.8 Å². The van der Waals surface area contributed by atoms with Gasteiger partial charge in [-0.05, 0) is 25.0 Å². The molecule has 1 N–H and O–H groups in total. The van der Waals surface area contributed by atoms with Gasteiger partial charge in [0.15, 0.2) is 11.7 Å². The van der Waals surface area contributed by atoms with Gasteiger partial charge < -0.3 is 19.2 Å². The molecule has 0 fully saturated rings. The van der Waals surface area contributed by atoms with Crippen molar-refractivity contribution in [2.24, 2.45) is 0 Å². The Morgan fingerprint density at radius 3 is 2.59 bits per heavy atom. The van der Waals surface area contributed by atoms with E-state index < -0.39 is 6.29 Å². The Labute approximate surface area is 162 Å². The predicted octanol–water partition coefficient (Wildman–Crippen LogP) is 4.08. The van der Waals surface area contributed by atoms with Crippen LogP contribution in [0.4, 0.5) is 0 Å². The van der Waals surface area contributed by atoms with Gasteiger partial charge in [0.2, 0.25) is 0 Å². The molecule has 1 aromatic carbocycles. The van der Waals surface area contributed by atoms with Gasteiger partial charge in [-0.15, -0.1) is 11.3 Å². The molecule has 144 valence electrons. The highest BCUT2D eigenvalue weighted by Gasteiger charge is 2.14. The number of fused-ring (bicyclic) bond motifs is 1. The van der Waals surface area contributed by atoms with E-state index in [-0.39, 0.29) is 12.0 Å². The first-order valence-electron chi connectivity index (χ1n) is 8.75. The third-order valence-corrected chi connectivity index (χ3v) is 5.35. The molecule has 0 saturated heterocycles. The van der Waals surface area contributed by atoms with Crippen molar-refractivity contribution >= 4 is 22.2 Å². The third-order valence-electron chi connectivity index (χ3n) is 4.46. The summed E-state index contributed by atoms with van der Waals surface area (Å²) in [5, 5.41) is 3.46. The molecule has 0 aliphatic heterocycles. The van der Waals surface area contributed by atoms with Crippen molar-refractivity contribution in [2.75, 3.05) is 20.8 Å². The molecular weight excluding hydrogens is 364 g/mol. The summed E-state index contributed by atoms with van der Waals surface area (Å²) in [4.78, 5) is 20.6. The Balaban J connectivity index is 2.01. The topological polar surface area (TPSA) is 73.4 Å². The maximum absolute atomic E-state index is 12.6. The van der Waals surface area contributed by atoms with E-state index in [1.165, 1.54) is 11.3 Å². The fraction of sp³-hybridized carbons (Fsp3) is 0.400. The number of hydrogen-bond donors (Lipinski definition) is 1. The summed E-state index contributed by atoms with van der Waals surface area (Å²) < 4.78 is 16.1. The molecule has 3 rings (SSSR count). The maximum Gasteiger partial charge on any atom is 0.191 e. The van der Waals surface area contributed by atoms with Crippen LogP contribution in [0.2, 0.25) is 0 Å². The normalized spacial score (nSPS) is 11.7. The van der Waals surface area contributed by atoms with Crippen LogP contribution in [0, 0.1) is 6.92 Å². The average Bonchev–Trinajstić information content (AvgIpc) is 3.15.